The molecule has 0 N–H and O–H groups in total. The van der Waals surface area contributed by atoms with Gasteiger partial charge in [0.2, 0.25) is 0 Å². The molecule has 21 heavy (non-hydrogen) atoms. The third-order valence-electron chi connectivity index (χ3n) is 3.16. The predicted octanol–water partition coefficient (Wildman–Crippen LogP) is 4.13. The van der Waals surface area contributed by atoms with Crippen LogP contribution in [-0.2, 0) is 11.5 Å². The monoisotopic (exact) mass is 418 g/mol. The Labute approximate surface area is 142 Å². The lowest BCUT2D eigenvalue weighted by molar-refractivity contribution is 0.0891. The van der Waals surface area contributed by atoms with Crippen LogP contribution in [0.3, 0.4) is 0 Å². The van der Waals surface area contributed by atoms with Crippen LogP contribution < -0.4 is 0 Å². The Morgan fingerprint density at radius 3 is 2.48 bits per heavy atom. The summed E-state index contributed by atoms with van der Waals surface area (Å²) in [7, 11) is -0.498. The summed E-state index contributed by atoms with van der Waals surface area (Å²) < 4.78 is 9.19. The average molecular weight is 418 g/mol. The molecular weight excluding hydrogens is 395 g/mol. The third kappa shape index (κ3) is 4.72. The van der Waals surface area contributed by atoms with Crippen LogP contribution in [0.2, 0.25) is 0 Å². The Morgan fingerprint density at radius 1 is 1.19 bits per heavy atom. The summed E-state index contributed by atoms with van der Waals surface area (Å²) in [6.45, 7) is 3.42. The summed E-state index contributed by atoms with van der Waals surface area (Å²) in [5, 5.41) is 0. The van der Waals surface area contributed by atoms with Crippen LogP contribution in [0.1, 0.15) is 5.69 Å². The van der Waals surface area contributed by atoms with Gasteiger partial charge in [0, 0.05) is 11.3 Å². The van der Waals surface area contributed by atoms with Crippen molar-refractivity contribution in [3.63, 3.8) is 0 Å². The molecule has 2 rings (SSSR count). The van der Waals surface area contributed by atoms with Crippen molar-refractivity contribution in [2.24, 2.45) is 0 Å². The van der Waals surface area contributed by atoms with Gasteiger partial charge in [0.15, 0.2) is 0 Å². The maximum atomic E-state index is 5.89. The first-order valence-corrected chi connectivity index (χ1v) is 11.0. The lowest BCUT2D eigenvalue weighted by Crippen LogP contribution is -2.11. The van der Waals surface area contributed by atoms with Gasteiger partial charge in [0.1, 0.15) is 16.3 Å². The largest absolute Gasteiger partial charge is 0.360 e. The van der Waals surface area contributed by atoms with E-state index in [1.54, 1.807) is 0 Å². The van der Waals surface area contributed by atoms with E-state index in [1.807, 2.05) is 25.1 Å². The average Bonchev–Trinajstić information content (AvgIpc) is 2.71. The lowest BCUT2D eigenvalue weighted by atomic mass is 10.2. The summed E-state index contributed by atoms with van der Waals surface area (Å²) in [5.74, 6) is 2.12. The van der Waals surface area contributed by atoms with Crippen molar-refractivity contribution in [1.82, 2.24) is 9.55 Å². The van der Waals surface area contributed by atoms with E-state index in [-0.39, 0.29) is 0 Å². The zero-order chi connectivity index (χ0) is 15.5. The molecule has 0 amide bonds. The Balaban J connectivity index is 2.12. The zero-order valence-corrected chi connectivity index (χ0v) is 16.1. The first-order valence-electron chi connectivity index (χ1n) is 6.90. The molecule has 3 nitrogen and oxygen atoms in total. The number of ether oxygens (including phenoxy) is 1. The van der Waals surface area contributed by atoms with Gasteiger partial charge in [-0.15, -0.1) is 0 Å². The van der Waals surface area contributed by atoms with E-state index in [2.05, 4.69) is 63.0 Å². The van der Waals surface area contributed by atoms with Gasteiger partial charge in [0.25, 0.3) is 0 Å². The van der Waals surface area contributed by atoms with Gasteiger partial charge < -0.3 is 4.74 Å². The number of imidazole rings is 1. The molecule has 0 radical (unpaired) electrons. The van der Waals surface area contributed by atoms with E-state index in [4.69, 9.17) is 4.74 Å². The van der Waals surface area contributed by atoms with Crippen molar-refractivity contribution in [2.75, 3.05) is 31.1 Å². The van der Waals surface area contributed by atoms with E-state index in [1.165, 1.54) is 0 Å². The van der Waals surface area contributed by atoms with Crippen molar-refractivity contribution in [3.8, 4) is 11.4 Å². The molecule has 0 aliphatic heterocycles. The van der Waals surface area contributed by atoms with Gasteiger partial charge in [-0.05, 0) is 48.3 Å². The van der Waals surface area contributed by atoms with E-state index < -0.39 is 10.0 Å². The van der Waals surface area contributed by atoms with Gasteiger partial charge >= 0.3 is 0 Å². The summed E-state index contributed by atoms with van der Waals surface area (Å²) in [6, 6.07) is 10.3. The van der Waals surface area contributed by atoms with Crippen LogP contribution in [0.15, 0.2) is 30.3 Å². The van der Waals surface area contributed by atoms with Crippen LogP contribution in [-0.4, -0.2) is 40.7 Å². The molecule has 0 fully saturated rings. The molecule has 116 valence electrons. The normalized spacial score (nSPS) is 12.6. The van der Waals surface area contributed by atoms with Crippen LogP contribution in [0.5, 0.6) is 0 Å². The number of hydrogen-bond acceptors (Lipinski definition) is 2. The fourth-order valence-corrected chi connectivity index (χ4v) is 3.05. The minimum Gasteiger partial charge on any atom is -0.360 e. The number of aryl methyl sites for hydroxylation is 1. The second-order valence-corrected chi connectivity index (χ2v) is 11.5. The quantitative estimate of drug-likeness (QED) is 0.521. The molecule has 0 aliphatic rings. The third-order valence-corrected chi connectivity index (χ3v) is 5.91. The molecule has 2 aromatic rings. The SMILES string of the molecule is Cc1nc(-c2ccccc2)n(COCCS(C)(C)C)c1I. The molecule has 1 heterocycles. The molecule has 1 aromatic carbocycles. The molecule has 0 saturated heterocycles. The van der Waals surface area contributed by atoms with E-state index in [0.29, 0.717) is 6.73 Å². The standard InChI is InChI=1S/C16H23IN2OS/c1-13-15(17)19(12-20-10-11-21(2,3)4)16(18-13)14-8-6-5-7-9-14/h5-9H,10-12H2,1-4H3. The first kappa shape index (κ1) is 16.8. The Bertz CT molecular complexity index is 590. The molecule has 0 aliphatic carbocycles. The summed E-state index contributed by atoms with van der Waals surface area (Å²) >= 11 is 2.35. The number of hydrogen-bond donors (Lipinski definition) is 0. The number of halogens is 1. The predicted molar refractivity (Wildman–Crippen MR) is 101 cm³/mol. The summed E-state index contributed by atoms with van der Waals surface area (Å²) in [4.78, 5) is 4.69. The summed E-state index contributed by atoms with van der Waals surface area (Å²) in [5.41, 5.74) is 2.19. The van der Waals surface area contributed by atoms with Gasteiger partial charge in [-0.25, -0.2) is 15.0 Å². The van der Waals surface area contributed by atoms with Gasteiger partial charge in [-0.3, -0.25) is 4.57 Å². The lowest BCUT2D eigenvalue weighted by Gasteiger charge is -2.24. The minimum atomic E-state index is -0.498. The molecule has 5 heteroatoms. The molecular formula is C16H23IN2OS. The minimum absolute atomic E-state index is 0.498. The Kier molecular flexibility index (Phi) is 5.73. The van der Waals surface area contributed by atoms with Crippen molar-refractivity contribution in [2.45, 2.75) is 13.7 Å². The summed E-state index contributed by atoms with van der Waals surface area (Å²) in [6.07, 6.45) is 6.95. The van der Waals surface area contributed by atoms with Gasteiger partial charge in [-0.2, -0.15) is 0 Å². The molecule has 0 bridgehead atoms. The van der Waals surface area contributed by atoms with Crippen LogP contribution in [0.4, 0.5) is 0 Å². The molecule has 1 aromatic heterocycles. The smallest absolute Gasteiger partial charge is 0.142 e. The van der Waals surface area contributed by atoms with Gasteiger partial charge in [0.05, 0.1) is 12.3 Å². The van der Waals surface area contributed by atoms with Crippen LogP contribution >= 0.6 is 32.6 Å². The van der Waals surface area contributed by atoms with Gasteiger partial charge in [-0.1, -0.05) is 30.3 Å². The Morgan fingerprint density at radius 2 is 1.86 bits per heavy atom. The van der Waals surface area contributed by atoms with E-state index >= 15 is 0 Å². The van der Waals surface area contributed by atoms with Crippen LogP contribution in [0.25, 0.3) is 11.4 Å². The fraction of sp³-hybridized carbons (Fsp3) is 0.438. The number of nitrogens with zero attached hydrogens (tertiary/aromatic N) is 2. The molecule has 0 atom stereocenters. The zero-order valence-electron chi connectivity index (χ0n) is 13.1. The highest BCUT2D eigenvalue weighted by atomic mass is 127. The highest BCUT2D eigenvalue weighted by Gasteiger charge is 2.14. The van der Waals surface area contributed by atoms with E-state index in [0.717, 1.165) is 33.1 Å². The highest BCUT2D eigenvalue weighted by Crippen LogP contribution is 2.33. The first-order chi connectivity index (χ1) is 9.88. The Hall–Kier alpha value is -0.530. The van der Waals surface area contributed by atoms with Crippen molar-refractivity contribution < 1.29 is 4.74 Å². The fourth-order valence-electron chi connectivity index (χ4n) is 1.94. The maximum Gasteiger partial charge on any atom is 0.142 e. The molecule has 0 spiro atoms. The second kappa shape index (κ2) is 7.15. The van der Waals surface area contributed by atoms with Crippen molar-refractivity contribution in [3.05, 3.63) is 39.7 Å². The number of rotatable bonds is 6. The number of benzene rings is 1. The maximum absolute atomic E-state index is 5.89. The number of aromatic nitrogens is 2. The molecule has 0 saturated carbocycles. The van der Waals surface area contributed by atoms with Crippen molar-refractivity contribution in [1.29, 1.82) is 0 Å². The van der Waals surface area contributed by atoms with Crippen LogP contribution in [0, 0.1) is 10.6 Å². The molecule has 0 unspecified atom stereocenters. The topological polar surface area (TPSA) is 27.1 Å². The second-order valence-electron chi connectivity index (χ2n) is 5.94. The van der Waals surface area contributed by atoms with E-state index in [9.17, 15) is 0 Å². The highest BCUT2D eigenvalue weighted by molar-refractivity contribution is 14.1. The van der Waals surface area contributed by atoms with Crippen molar-refractivity contribution >= 4 is 32.6 Å².